The molecule has 1 aliphatic rings. The van der Waals surface area contributed by atoms with E-state index in [0.717, 1.165) is 5.56 Å². The van der Waals surface area contributed by atoms with E-state index in [2.05, 4.69) is 25.7 Å². The first-order valence-corrected chi connectivity index (χ1v) is 10.2. The van der Waals surface area contributed by atoms with Crippen molar-refractivity contribution in [1.82, 2.24) is 19.7 Å². The molecule has 2 N–H and O–H groups in total. The van der Waals surface area contributed by atoms with E-state index in [0.29, 0.717) is 41.8 Å². The minimum atomic E-state index is -0.286. The molecule has 2 aromatic heterocycles. The summed E-state index contributed by atoms with van der Waals surface area (Å²) in [5.41, 5.74) is 2.86. The summed E-state index contributed by atoms with van der Waals surface area (Å²) < 4.78 is 15.6. The second-order valence-electron chi connectivity index (χ2n) is 8.11. The number of benzene rings is 1. The van der Waals surface area contributed by atoms with Crippen LogP contribution in [0.1, 0.15) is 30.7 Å². The predicted octanol–water partition coefficient (Wildman–Crippen LogP) is 3.19. The summed E-state index contributed by atoms with van der Waals surface area (Å²) in [7, 11) is 1.88. The maximum absolute atomic E-state index is 13.9. The summed E-state index contributed by atoms with van der Waals surface area (Å²) in [6.45, 7) is 6.71. The quantitative estimate of drug-likeness (QED) is 0.633. The highest BCUT2D eigenvalue weighted by molar-refractivity contribution is 6.03. The Labute approximate surface area is 180 Å². The monoisotopic (exact) mass is 423 g/mol. The van der Waals surface area contributed by atoms with Crippen LogP contribution < -0.4 is 15.5 Å². The maximum Gasteiger partial charge on any atom is 0.247 e. The Morgan fingerprint density at radius 1 is 1.26 bits per heavy atom. The van der Waals surface area contributed by atoms with Gasteiger partial charge in [0.25, 0.3) is 0 Å². The third kappa shape index (κ3) is 4.21. The number of nitrogens with zero attached hydrogens (tertiary/aromatic N) is 5. The number of carbonyl (C=O) groups is 1. The van der Waals surface area contributed by atoms with Crippen molar-refractivity contribution in [3.63, 3.8) is 0 Å². The van der Waals surface area contributed by atoms with Gasteiger partial charge in [-0.25, -0.2) is 9.37 Å². The Morgan fingerprint density at radius 3 is 2.77 bits per heavy atom. The number of carbonyl (C=O) groups excluding carboxylic acids is 1. The van der Waals surface area contributed by atoms with Gasteiger partial charge in [-0.15, -0.1) is 0 Å². The zero-order valence-electron chi connectivity index (χ0n) is 18.1. The highest BCUT2D eigenvalue weighted by Gasteiger charge is 2.35. The molecule has 0 fully saturated rings. The fourth-order valence-electron chi connectivity index (χ4n) is 3.86. The van der Waals surface area contributed by atoms with Gasteiger partial charge in [0, 0.05) is 30.9 Å². The van der Waals surface area contributed by atoms with E-state index in [1.807, 2.05) is 45.0 Å². The fraction of sp³-hybridized carbons (Fsp3) is 0.364. The number of aryl methyl sites for hydroxylation is 1. The van der Waals surface area contributed by atoms with Gasteiger partial charge in [-0.3, -0.25) is 9.48 Å². The molecule has 1 atom stereocenters. The van der Waals surface area contributed by atoms with E-state index in [-0.39, 0.29) is 23.7 Å². The van der Waals surface area contributed by atoms with Gasteiger partial charge in [0.1, 0.15) is 17.5 Å². The lowest BCUT2D eigenvalue weighted by molar-refractivity contribution is -0.118. The number of nitrogens with one attached hydrogen (secondary N) is 2. The number of halogens is 1. The molecule has 0 saturated carbocycles. The highest BCUT2D eigenvalue weighted by Crippen LogP contribution is 2.34. The topological polar surface area (TPSA) is 88.0 Å². The van der Waals surface area contributed by atoms with Crippen molar-refractivity contribution in [2.45, 2.75) is 39.9 Å². The Bertz CT molecular complexity index is 1110. The van der Waals surface area contributed by atoms with Crippen LogP contribution in [0.4, 0.5) is 21.8 Å². The van der Waals surface area contributed by atoms with Crippen molar-refractivity contribution in [2.24, 2.45) is 5.92 Å². The minimum absolute atomic E-state index is 0.0420. The van der Waals surface area contributed by atoms with Crippen LogP contribution in [0.2, 0.25) is 0 Å². The first kappa shape index (κ1) is 20.8. The van der Waals surface area contributed by atoms with Crippen LogP contribution in [0, 0.1) is 18.7 Å². The number of hydrogen-bond acceptors (Lipinski definition) is 6. The fourth-order valence-corrected chi connectivity index (χ4v) is 3.86. The highest BCUT2D eigenvalue weighted by atomic mass is 19.1. The summed E-state index contributed by atoms with van der Waals surface area (Å²) in [5.74, 6) is 1.03. The second-order valence-corrected chi connectivity index (χ2v) is 8.11. The third-order valence-electron chi connectivity index (χ3n) is 5.40. The molecule has 162 valence electrons. The van der Waals surface area contributed by atoms with Crippen molar-refractivity contribution in [3.8, 4) is 0 Å². The summed E-state index contributed by atoms with van der Waals surface area (Å²) in [6.07, 6.45) is 3.60. The van der Waals surface area contributed by atoms with Crippen molar-refractivity contribution in [3.05, 3.63) is 59.3 Å². The molecule has 3 heterocycles. The molecular weight excluding hydrogens is 397 g/mol. The van der Waals surface area contributed by atoms with Gasteiger partial charge >= 0.3 is 0 Å². The van der Waals surface area contributed by atoms with Gasteiger partial charge in [-0.1, -0.05) is 32.0 Å². The molecule has 0 bridgehead atoms. The Balaban J connectivity index is 1.48. The largest absolute Gasteiger partial charge is 0.350 e. The van der Waals surface area contributed by atoms with Crippen LogP contribution in [0.3, 0.4) is 0 Å². The van der Waals surface area contributed by atoms with Crippen molar-refractivity contribution in [2.75, 3.05) is 22.6 Å². The lowest BCUT2D eigenvalue weighted by Gasteiger charge is -2.36. The zero-order chi connectivity index (χ0) is 22.1. The SMILES string of the molecule is Cc1nc(NCc2cnn(Cc3ccccc3F)c2)nc2c1NC(=O)C(C(C)C)N2C. The summed E-state index contributed by atoms with van der Waals surface area (Å²) in [4.78, 5) is 23.5. The normalized spacial score (nSPS) is 15.7. The van der Waals surface area contributed by atoms with Gasteiger partial charge in [-0.2, -0.15) is 10.1 Å². The average molecular weight is 423 g/mol. The molecule has 0 radical (unpaired) electrons. The van der Waals surface area contributed by atoms with Crippen LogP contribution in [-0.2, 0) is 17.9 Å². The van der Waals surface area contributed by atoms with E-state index in [9.17, 15) is 9.18 Å². The average Bonchev–Trinajstić information content (AvgIpc) is 3.16. The standard InChI is InChI=1S/C22H26FN7O/c1-13(2)19-21(31)27-18-14(3)26-22(28-20(18)29(19)4)24-9-15-10-25-30(11-15)12-16-7-5-6-8-17(16)23/h5-8,10-11,13,19H,9,12H2,1-4H3,(H,27,31)(H,24,26,28). The number of likely N-dealkylation sites (N-methyl/N-ethyl adjacent to an activating group) is 1. The van der Waals surface area contributed by atoms with E-state index >= 15 is 0 Å². The summed E-state index contributed by atoms with van der Waals surface area (Å²) in [6, 6.07) is 6.39. The molecular formula is C22H26FN7O. The van der Waals surface area contributed by atoms with Crippen molar-refractivity contribution in [1.29, 1.82) is 0 Å². The van der Waals surface area contributed by atoms with Gasteiger partial charge in [0.15, 0.2) is 5.82 Å². The van der Waals surface area contributed by atoms with Crippen LogP contribution in [0.25, 0.3) is 0 Å². The van der Waals surface area contributed by atoms with Crippen LogP contribution >= 0.6 is 0 Å². The third-order valence-corrected chi connectivity index (χ3v) is 5.40. The molecule has 8 nitrogen and oxygen atoms in total. The molecule has 4 rings (SSSR count). The van der Waals surface area contributed by atoms with Gasteiger partial charge in [-0.05, 0) is 18.9 Å². The molecule has 9 heteroatoms. The van der Waals surface area contributed by atoms with E-state index < -0.39 is 0 Å². The molecule has 1 aromatic carbocycles. The summed E-state index contributed by atoms with van der Waals surface area (Å²) in [5, 5.41) is 10.5. The predicted molar refractivity (Wildman–Crippen MR) is 117 cm³/mol. The number of amides is 1. The maximum atomic E-state index is 13.9. The molecule has 31 heavy (non-hydrogen) atoms. The number of aromatic nitrogens is 4. The van der Waals surface area contributed by atoms with Crippen LogP contribution in [-0.4, -0.2) is 38.7 Å². The van der Waals surface area contributed by atoms with Crippen LogP contribution in [0.15, 0.2) is 36.7 Å². The lowest BCUT2D eigenvalue weighted by Crippen LogP contribution is -2.49. The van der Waals surface area contributed by atoms with Gasteiger partial charge in [0.2, 0.25) is 11.9 Å². The molecule has 0 aliphatic carbocycles. The molecule has 1 aliphatic heterocycles. The molecule has 0 saturated heterocycles. The molecule has 3 aromatic rings. The smallest absolute Gasteiger partial charge is 0.247 e. The van der Waals surface area contributed by atoms with E-state index in [1.165, 1.54) is 6.07 Å². The molecule has 1 amide bonds. The number of hydrogen-bond donors (Lipinski definition) is 2. The second kappa shape index (κ2) is 8.33. The molecule has 1 unspecified atom stereocenters. The number of rotatable bonds is 6. The Morgan fingerprint density at radius 2 is 2.03 bits per heavy atom. The Hall–Kier alpha value is -3.49. The minimum Gasteiger partial charge on any atom is -0.350 e. The lowest BCUT2D eigenvalue weighted by atomic mass is 9.99. The van der Waals surface area contributed by atoms with Gasteiger partial charge in [0.05, 0.1) is 18.4 Å². The first-order chi connectivity index (χ1) is 14.8. The number of fused-ring (bicyclic) bond motifs is 1. The van der Waals surface area contributed by atoms with Gasteiger partial charge < -0.3 is 15.5 Å². The first-order valence-electron chi connectivity index (χ1n) is 10.2. The zero-order valence-corrected chi connectivity index (χ0v) is 18.1. The van der Waals surface area contributed by atoms with Crippen LogP contribution in [0.5, 0.6) is 0 Å². The Kier molecular flexibility index (Phi) is 5.58. The van der Waals surface area contributed by atoms with Crippen molar-refractivity contribution >= 4 is 23.4 Å². The van der Waals surface area contributed by atoms with E-state index in [4.69, 9.17) is 0 Å². The number of anilines is 3. The summed E-state index contributed by atoms with van der Waals surface area (Å²) >= 11 is 0. The van der Waals surface area contributed by atoms with E-state index in [1.54, 1.807) is 23.0 Å². The van der Waals surface area contributed by atoms with Crippen molar-refractivity contribution < 1.29 is 9.18 Å². The molecule has 0 spiro atoms.